The summed E-state index contributed by atoms with van der Waals surface area (Å²) in [6, 6.07) is 7.82. The van der Waals surface area contributed by atoms with Gasteiger partial charge in [-0.05, 0) is 6.07 Å². The Hall–Kier alpha value is -1.93. The number of sulfone groups is 1. The molecule has 1 aliphatic heterocycles. The third kappa shape index (κ3) is 4.12. The van der Waals surface area contributed by atoms with E-state index in [1.165, 1.54) is 6.26 Å². The fraction of sp³-hybridized carbons (Fsp3) is 0.500. The highest BCUT2D eigenvalue weighted by atomic mass is 32.2. The fourth-order valence-corrected chi connectivity index (χ4v) is 3.49. The summed E-state index contributed by atoms with van der Waals surface area (Å²) in [5, 5.41) is 5.32. The van der Waals surface area contributed by atoms with Crippen molar-refractivity contribution in [3.05, 3.63) is 30.5 Å². The molecule has 24 heavy (non-hydrogen) atoms. The lowest BCUT2D eigenvalue weighted by Gasteiger charge is -2.34. The van der Waals surface area contributed by atoms with Crippen LogP contribution in [0.4, 0.5) is 0 Å². The molecular formula is C16H22N4O3S. The maximum atomic E-state index is 12.5. The predicted octanol–water partition coefficient (Wildman–Crippen LogP) is 0.225. The molecule has 1 aliphatic rings. The zero-order valence-corrected chi connectivity index (χ0v) is 14.6. The molecule has 3 rings (SSSR count). The molecule has 0 aliphatic carbocycles. The van der Waals surface area contributed by atoms with Gasteiger partial charge in [-0.1, -0.05) is 18.2 Å². The van der Waals surface area contributed by atoms with E-state index in [4.69, 9.17) is 0 Å². The first-order valence-electron chi connectivity index (χ1n) is 8.01. The highest BCUT2D eigenvalue weighted by Gasteiger charge is 2.22. The van der Waals surface area contributed by atoms with Crippen molar-refractivity contribution in [3.8, 4) is 0 Å². The third-order valence-electron chi connectivity index (χ3n) is 4.34. The van der Waals surface area contributed by atoms with E-state index < -0.39 is 9.84 Å². The van der Waals surface area contributed by atoms with E-state index in [0.29, 0.717) is 32.7 Å². The number of fused-ring (bicyclic) bond motifs is 1. The first-order chi connectivity index (χ1) is 11.4. The lowest BCUT2D eigenvalue weighted by molar-refractivity contribution is -0.133. The van der Waals surface area contributed by atoms with Crippen LogP contribution in [-0.4, -0.2) is 78.6 Å². The molecule has 0 radical (unpaired) electrons. The molecule has 2 aromatic rings. The zero-order chi connectivity index (χ0) is 17.2. The minimum absolute atomic E-state index is 0.0478. The summed E-state index contributed by atoms with van der Waals surface area (Å²) in [7, 11) is -2.94. The first-order valence-corrected chi connectivity index (χ1v) is 10.1. The lowest BCUT2D eigenvalue weighted by atomic mass is 10.2. The number of nitrogens with zero attached hydrogens (tertiary/aromatic N) is 4. The largest absolute Gasteiger partial charge is 0.339 e. The van der Waals surface area contributed by atoms with Crippen molar-refractivity contribution in [3.63, 3.8) is 0 Å². The lowest BCUT2D eigenvalue weighted by Crippen LogP contribution is -2.50. The van der Waals surface area contributed by atoms with Crippen molar-refractivity contribution >= 4 is 26.6 Å². The molecule has 0 atom stereocenters. The van der Waals surface area contributed by atoms with Gasteiger partial charge in [-0.2, -0.15) is 5.10 Å². The molecule has 7 nitrogen and oxygen atoms in total. The third-order valence-corrected chi connectivity index (χ3v) is 5.26. The van der Waals surface area contributed by atoms with E-state index >= 15 is 0 Å². The summed E-state index contributed by atoms with van der Waals surface area (Å²) < 4.78 is 24.2. The molecule has 1 aromatic heterocycles. The summed E-state index contributed by atoms with van der Waals surface area (Å²) >= 11 is 0. The van der Waals surface area contributed by atoms with Gasteiger partial charge in [0.2, 0.25) is 5.91 Å². The van der Waals surface area contributed by atoms with Crippen LogP contribution in [-0.2, 0) is 21.2 Å². The number of para-hydroxylation sites is 1. The summed E-state index contributed by atoms with van der Waals surface area (Å²) in [4.78, 5) is 16.4. The molecule has 1 saturated heterocycles. The van der Waals surface area contributed by atoms with Gasteiger partial charge >= 0.3 is 0 Å². The number of aromatic nitrogens is 2. The average Bonchev–Trinajstić information content (AvgIpc) is 2.96. The summed E-state index contributed by atoms with van der Waals surface area (Å²) in [5.41, 5.74) is 0.956. The number of carbonyl (C=O) groups excluding carboxylic acids is 1. The second-order valence-electron chi connectivity index (χ2n) is 6.21. The van der Waals surface area contributed by atoms with Gasteiger partial charge in [-0.15, -0.1) is 0 Å². The first kappa shape index (κ1) is 16.9. The summed E-state index contributed by atoms with van der Waals surface area (Å²) in [5.74, 6) is 0.215. The SMILES string of the molecule is CS(=O)(=O)CCN1CCN(C(=O)Cn2ncc3ccccc32)CC1. The smallest absolute Gasteiger partial charge is 0.244 e. The predicted molar refractivity (Wildman–Crippen MR) is 92.5 cm³/mol. The molecule has 0 spiro atoms. The van der Waals surface area contributed by atoms with Crippen molar-refractivity contribution in [1.82, 2.24) is 19.6 Å². The molecule has 0 unspecified atom stereocenters. The number of amides is 1. The average molecular weight is 350 g/mol. The number of rotatable bonds is 5. The monoisotopic (exact) mass is 350 g/mol. The van der Waals surface area contributed by atoms with Gasteiger partial charge in [0, 0.05) is 44.4 Å². The Bertz CT molecular complexity index is 823. The molecule has 0 saturated carbocycles. The highest BCUT2D eigenvalue weighted by molar-refractivity contribution is 7.90. The van der Waals surface area contributed by atoms with Crippen molar-refractivity contribution in [2.45, 2.75) is 6.54 Å². The van der Waals surface area contributed by atoms with Crippen molar-refractivity contribution in [2.75, 3.05) is 44.7 Å². The summed E-state index contributed by atoms with van der Waals surface area (Å²) in [6.07, 6.45) is 3.02. The molecule has 0 bridgehead atoms. The second-order valence-corrected chi connectivity index (χ2v) is 8.47. The van der Waals surface area contributed by atoms with Crippen LogP contribution in [0.15, 0.2) is 30.5 Å². The molecule has 1 amide bonds. The van der Waals surface area contributed by atoms with Crippen molar-refractivity contribution in [1.29, 1.82) is 0 Å². The number of hydrogen-bond donors (Lipinski definition) is 0. The Morgan fingerprint density at radius 3 is 2.58 bits per heavy atom. The van der Waals surface area contributed by atoms with E-state index in [1.54, 1.807) is 10.9 Å². The number of hydrogen-bond acceptors (Lipinski definition) is 5. The van der Waals surface area contributed by atoms with Crippen LogP contribution in [0.25, 0.3) is 10.9 Å². The van der Waals surface area contributed by atoms with Gasteiger partial charge in [0.25, 0.3) is 0 Å². The Morgan fingerprint density at radius 2 is 1.88 bits per heavy atom. The van der Waals surface area contributed by atoms with Crippen LogP contribution in [0, 0.1) is 0 Å². The fourth-order valence-electron chi connectivity index (χ4n) is 2.90. The van der Waals surface area contributed by atoms with Crippen LogP contribution in [0.1, 0.15) is 0 Å². The Labute approximate surface area is 141 Å². The maximum Gasteiger partial charge on any atom is 0.244 e. The van der Waals surface area contributed by atoms with E-state index in [1.807, 2.05) is 29.2 Å². The molecule has 1 fully saturated rings. The van der Waals surface area contributed by atoms with Crippen molar-refractivity contribution < 1.29 is 13.2 Å². The molecule has 8 heteroatoms. The van der Waals surface area contributed by atoms with Gasteiger partial charge in [-0.3, -0.25) is 14.4 Å². The molecule has 1 aromatic carbocycles. The highest BCUT2D eigenvalue weighted by Crippen LogP contribution is 2.13. The maximum absolute atomic E-state index is 12.5. The van der Waals surface area contributed by atoms with Crippen LogP contribution in [0.5, 0.6) is 0 Å². The summed E-state index contributed by atoms with van der Waals surface area (Å²) in [6.45, 7) is 3.44. The minimum Gasteiger partial charge on any atom is -0.339 e. The van der Waals surface area contributed by atoms with E-state index in [-0.39, 0.29) is 18.2 Å². The van der Waals surface area contributed by atoms with Crippen molar-refractivity contribution in [2.24, 2.45) is 0 Å². The Balaban J connectivity index is 1.54. The van der Waals surface area contributed by atoms with Gasteiger partial charge in [-0.25, -0.2) is 8.42 Å². The van der Waals surface area contributed by atoms with Gasteiger partial charge < -0.3 is 4.90 Å². The zero-order valence-electron chi connectivity index (χ0n) is 13.8. The molecule has 0 N–H and O–H groups in total. The second kappa shape index (κ2) is 6.90. The van der Waals surface area contributed by atoms with Gasteiger partial charge in [0.05, 0.1) is 17.5 Å². The van der Waals surface area contributed by atoms with Crippen LogP contribution < -0.4 is 0 Å². The topological polar surface area (TPSA) is 75.5 Å². The van der Waals surface area contributed by atoms with Gasteiger partial charge in [0.1, 0.15) is 16.4 Å². The Morgan fingerprint density at radius 1 is 1.17 bits per heavy atom. The molecule has 2 heterocycles. The van der Waals surface area contributed by atoms with Crippen LogP contribution in [0.2, 0.25) is 0 Å². The standard InChI is InChI=1S/C16H22N4O3S/c1-24(22,23)11-10-18-6-8-19(9-7-18)16(21)13-20-15-5-3-2-4-14(15)12-17-20/h2-5,12H,6-11,13H2,1H3. The normalized spacial score (nSPS) is 16.6. The Kier molecular flexibility index (Phi) is 4.86. The minimum atomic E-state index is -2.94. The van der Waals surface area contributed by atoms with E-state index in [9.17, 15) is 13.2 Å². The van der Waals surface area contributed by atoms with E-state index in [0.717, 1.165) is 10.9 Å². The van der Waals surface area contributed by atoms with Gasteiger partial charge in [0.15, 0.2) is 0 Å². The molecular weight excluding hydrogens is 328 g/mol. The number of carbonyl (C=O) groups is 1. The van der Waals surface area contributed by atoms with Crippen LogP contribution >= 0.6 is 0 Å². The molecule has 130 valence electrons. The number of piperazine rings is 1. The quantitative estimate of drug-likeness (QED) is 0.771. The van der Waals surface area contributed by atoms with Crippen LogP contribution in [0.3, 0.4) is 0 Å². The number of benzene rings is 1. The van der Waals surface area contributed by atoms with E-state index in [2.05, 4.69) is 10.00 Å².